The number of esters is 1. The number of carboxylic acid groups (broad SMARTS) is 1. The number of rotatable bonds is 5. The first-order valence-electron chi connectivity index (χ1n) is 5.27. The molecule has 1 heterocycles. The molecule has 1 fully saturated rings. The number of likely N-dealkylation sites (tertiary alicyclic amines) is 1. The minimum absolute atomic E-state index is 0.107. The largest absolute Gasteiger partial charge is 0.480 e. The van der Waals surface area contributed by atoms with Gasteiger partial charge in [0.15, 0.2) is 0 Å². The first-order valence-corrected chi connectivity index (χ1v) is 5.27. The van der Waals surface area contributed by atoms with E-state index in [1.807, 2.05) is 6.92 Å². The van der Waals surface area contributed by atoms with Crippen LogP contribution in [-0.4, -0.2) is 41.3 Å². The van der Waals surface area contributed by atoms with E-state index >= 15 is 0 Å². The van der Waals surface area contributed by atoms with Crippen molar-refractivity contribution in [2.24, 2.45) is 0 Å². The summed E-state index contributed by atoms with van der Waals surface area (Å²) in [5, 5.41) is 8.87. The number of nitrogens with zero attached hydrogens (tertiary/aromatic N) is 1. The summed E-state index contributed by atoms with van der Waals surface area (Å²) >= 11 is 0. The van der Waals surface area contributed by atoms with Crippen LogP contribution in [0.1, 0.15) is 32.6 Å². The van der Waals surface area contributed by atoms with Gasteiger partial charge in [0.25, 0.3) is 0 Å². The molecule has 0 radical (unpaired) electrons. The van der Waals surface area contributed by atoms with Gasteiger partial charge in [-0.15, -0.1) is 0 Å². The molecule has 1 atom stereocenters. The Morgan fingerprint density at radius 2 is 2.27 bits per heavy atom. The summed E-state index contributed by atoms with van der Waals surface area (Å²) in [7, 11) is 0. The molecule has 0 saturated carbocycles. The van der Waals surface area contributed by atoms with Crippen molar-refractivity contribution < 1.29 is 19.4 Å². The molecule has 15 heavy (non-hydrogen) atoms. The van der Waals surface area contributed by atoms with Gasteiger partial charge in [-0.05, 0) is 19.3 Å². The molecule has 1 aliphatic rings. The quantitative estimate of drug-likeness (QED) is 0.688. The van der Waals surface area contributed by atoms with E-state index in [4.69, 9.17) is 9.84 Å². The van der Waals surface area contributed by atoms with Gasteiger partial charge < -0.3 is 9.84 Å². The maximum atomic E-state index is 11.1. The van der Waals surface area contributed by atoms with Crippen LogP contribution in [0.4, 0.5) is 0 Å². The van der Waals surface area contributed by atoms with Gasteiger partial charge in [-0.2, -0.15) is 0 Å². The molecule has 1 saturated heterocycles. The molecule has 0 spiro atoms. The van der Waals surface area contributed by atoms with Crippen molar-refractivity contribution in [1.29, 1.82) is 0 Å². The van der Waals surface area contributed by atoms with Gasteiger partial charge in [-0.1, -0.05) is 6.92 Å². The van der Waals surface area contributed by atoms with E-state index in [0.717, 1.165) is 12.8 Å². The summed E-state index contributed by atoms with van der Waals surface area (Å²) in [5.41, 5.74) is 0. The molecule has 86 valence electrons. The van der Waals surface area contributed by atoms with Crippen LogP contribution in [0.3, 0.4) is 0 Å². The van der Waals surface area contributed by atoms with Crippen molar-refractivity contribution in [3.8, 4) is 0 Å². The molecule has 5 nitrogen and oxygen atoms in total. The highest BCUT2D eigenvalue weighted by Crippen LogP contribution is 2.16. The topological polar surface area (TPSA) is 66.8 Å². The van der Waals surface area contributed by atoms with Crippen LogP contribution in [-0.2, 0) is 14.3 Å². The second-order valence-corrected chi connectivity index (χ2v) is 3.70. The molecule has 0 bridgehead atoms. The molecule has 1 N–H and O–H groups in total. The standard InChI is InChI=1S/C10H17NO4/c1-2-4-9(12)15-7-11-6-3-5-8(11)10(13)14/h8H,2-7H2,1H3,(H,13,14)/t8-/m0/s1. The number of ether oxygens (including phenoxy) is 1. The second-order valence-electron chi connectivity index (χ2n) is 3.70. The Labute approximate surface area is 89.0 Å². The number of carbonyl (C=O) groups excluding carboxylic acids is 1. The third-order valence-corrected chi connectivity index (χ3v) is 2.49. The summed E-state index contributed by atoms with van der Waals surface area (Å²) in [5.74, 6) is -1.09. The molecular weight excluding hydrogens is 198 g/mol. The van der Waals surface area contributed by atoms with Crippen molar-refractivity contribution >= 4 is 11.9 Å². The SMILES string of the molecule is CCCC(=O)OCN1CCC[C@H]1C(=O)O. The van der Waals surface area contributed by atoms with E-state index in [-0.39, 0.29) is 12.7 Å². The number of aliphatic carboxylic acids is 1. The van der Waals surface area contributed by atoms with Gasteiger partial charge in [-0.3, -0.25) is 14.5 Å². The minimum Gasteiger partial charge on any atom is -0.480 e. The van der Waals surface area contributed by atoms with Crippen LogP contribution >= 0.6 is 0 Å². The lowest BCUT2D eigenvalue weighted by Gasteiger charge is -2.20. The van der Waals surface area contributed by atoms with Crippen molar-refractivity contribution in [3.63, 3.8) is 0 Å². The minimum atomic E-state index is -0.834. The normalized spacial score (nSPS) is 21.5. The van der Waals surface area contributed by atoms with Crippen molar-refractivity contribution in [1.82, 2.24) is 4.90 Å². The fourth-order valence-corrected chi connectivity index (χ4v) is 1.69. The van der Waals surface area contributed by atoms with Crippen molar-refractivity contribution in [2.75, 3.05) is 13.3 Å². The maximum absolute atomic E-state index is 11.1. The fraction of sp³-hybridized carbons (Fsp3) is 0.800. The van der Waals surface area contributed by atoms with Gasteiger partial charge in [0.2, 0.25) is 0 Å². The monoisotopic (exact) mass is 215 g/mol. The Balaban J connectivity index is 2.31. The Morgan fingerprint density at radius 3 is 2.87 bits per heavy atom. The third kappa shape index (κ3) is 3.51. The Bertz CT molecular complexity index is 242. The Hall–Kier alpha value is -1.10. The van der Waals surface area contributed by atoms with Gasteiger partial charge in [0.1, 0.15) is 12.8 Å². The van der Waals surface area contributed by atoms with Crippen molar-refractivity contribution in [2.45, 2.75) is 38.6 Å². The van der Waals surface area contributed by atoms with E-state index < -0.39 is 12.0 Å². The summed E-state index contributed by atoms with van der Waals surface area (Å²) < 4.78 is 4.97. The highest BCUT2D eigenvalue weighted by molar-refractivity contribution is 5.74. The van der Waals surface area contributed by atoms with E-state index in [1.54, 1.807) is 4.90 Å². The molecule has 1 rings (SSSR count). The van der Waals surface area contributed by atoms with Gasteiger partial charge >= 0.3 is 11.9 Å². The van der Waals surface area contributed by atoms with Crippen LogP contribution in [0, 0.1) is 0 Å². The van der Waals surface area contributed by atoms with E-state index in [2.05, 4.69) is 0 Å². The molecule has 1 aliphatic heterocycles. The number of carboxylic acids is 1. The third-order valence-electron chi connectivity index (χ3n) is 2.49. The van der Waals surface area contributed by atoms with Crippen LogP contribution in [0.25, 0.3) is 0 Å². The molecule has 5 heteroatoms. The van der Waals surface area contributed by atoms with Gasteiger partial charge in [0, 0.05) is 13.0 Å². The lowest BCUT2D eigenvalue weighted by molar-refractivity contribution is -0.154. The predicted molar refractivity (Wildman–Crippen MR) is 53.2 cm³/mol. The summed E-state index contributed by atoms with van der Waals surface area (Å²) in [6.45, 7) is 2.70. The number of hydrogen-bond acceptors (Lipinski definition) is 4. The molecule has 0 unspecified atom stereocenters. The van der Waals surface area contributed by atoms with E-state index in [9.17, 15) is 9.59 Å². The van der Waals surface area contributed by atoms with Crippen LogP contribution in [0.2, 0.25) is 0 Å². The van der Waals surface area contributed by atoms with Gasteiger partial charge in [0.05, 0.1) is 0 Å². The maximum Gasteiger partial charge on any atom is 0.321 e. The van der Waals surface area contributed by atoms with Crippen LogP contribution in [0.15, 0.2) is 0 Å². The highest BCUT2D eigenvalue weighted by Gasteiger charge is 2.30. The molecular formula is C10H17NO4. The van der Waals surface area contributed by atoms with E-state index in [1.165, 1.54) is 0 Å². The average molecular weight is 215 g/mol. The summed E-state index contributed by atoms with van der Waals surface area (Å²) in [6.07, 6.45) is 2.63. The number of carbonyl (C=O) groups is 2. The molecule has 0 aromatic heterocycles. The smallest absolute Gasteiger partial charge is 0.321 e. The molecule has 0 aromatic carbocycles. The highest BCUT2D eigenvalue weighted by atomic mass is 16.5. The van der Waals surface area contributed by atoms with E-state index in [0.29, 0.717) is 19.4 Å². The first-order chi connectivity index (χ1) is 7.15. The van der Waals surface area contributed by atoms with Crippen LogP contribution in [0.5, 0.6) is 0 Å². The molecule has 0 amide bonds. The first kappa shape index (κ1) is 12.0. The zero-order chi connectivity index (χ0) is 11.3. The summed E-state index contributed by atoms with van der Waals surface area (Å²) in [4.78, 5) is 23.6. The summed E-state index contributed by atoms with van der Waals surface area (Å²) in [6, 6.07) is -0.487. The van der Waals surface area contributed by atoms with Crippen LogP contribution < -0.4 is 0 Å². The lowest BCUT2D eigenvalue weighted by Crippen LogP contribution is -2.38. The Morgan fingerprint density at radius 1 is 1.53 bits per heavy atom. The van der Waals surface area contributed by atoms with Gasteiger partial charge in [-0.25, -0.2) is 0 Å². The fourth-order valence-electron chi connectivity index (χ4n) is 1.69. The zero-order valence-electron chi connectivity index (χ0n) is 8.94. The molecule has 0 aliphatic carbocycles. The average Bonchev–Trinajstić information content (AvgIpc) is 2.63. The van der Waals surface area contributed by atoms with Crippen molar-refractivity contribution in [3.05, 3.63) is 0 Å². The lowest BCUT2D eigenvalue weighted by atomic mass is 10.2. The number of hydrogen-bond donors (Lipinski definition) is 1. The Kier molecular flexibility index (Phi) is 4.55. The predicted octanol–water partition coefficient (Wildman–Crippen LogP) is 0.836. The zero-order valence-corrected chi connectivity index (χ0v) is 8.94. The molecule has 0 aromatic rings. The second kappa shape index (κ2) is 5.70.